The molecule has 1 fully saturated rings. The molecule has 0 aliphatic heterocycles. The third kappa shape index (κ3) is 7.29. The molecule has 0 saturated heterocycles. The highest BCUT2D eigenvalue weighted by atomic mass is 32.2. The van der Waals surface area contributed by atoms with E-state index in [0.717, 1.165) is 23.6 Å². The summed E-state index contributed by atoms with van der Waals surface area (Å²) in [6, 6.07) is 2.56. The standard InChI is InChI=1S/C22H32N2O10S/c1-4-32-22(27)34-14-33-21(26)15(2)24(19(20(25)23-28)16-8-6-5-7-9-16)35(29,30)18-12-10-17(31-3)11-13-18/h10-13,15-16,19,28H,4-9,14H2,1-3H3,(H,23,25). The first-order chi connectivity index (χ1) is 16.7. The van der Waals surface area contributed by atoms with Crippen LogP contribution in [0.4, 0.5) is 4.79 Å². The number of hydrogen-bond acceptors (Lipinski definition) is 10. The van der Waals surface area contributed by atoms with Crippen molar-refractivity contribution < 1.29 is 47.0 Å². The fraction of sp³-hybridized carbons (Fsp3) is 0.591. The molecule has 0 bridgehead atoms. The second-order valence-electron chi connectivity index (χ2n) is 7.91. The largest absolute Gasteiger partial charge is 0.511 e. The Kier molecular flexibility index (Phi) is 10.7. The van der Waals surface area contributed by atoms with Gasteiger partial charge in [-0.05, 0) is 56.9 Å². The van der Waals surface area contributed by atoms with Gasteiger partial charge in [0, 0.05) is 0 Å². The topological polar surface area (TPSA) is 158 Å². The van der Waals surface area contributed by atoms with E-state index in [0.29, 0.717) is 18.6 Å². The van der Waals surface area contributed by atoms with Crippen molar-refractivity contribution in [3.05, 3.63) is 24.3 Å². The van der Waals surface area contributed by atoms with E-state index < -0.39 is 52.8 Å². The van der Waals surface area contributed by atoms with E-state index in [2.05, 4.69) is 9.47 Å². The fourth-order valence-electron chi connectivity index (χ4n) is 4.04. The minimum atomic E-state index is -4.45. The molecule has 196 valence electrons. The van der Waals surface area contributed by atoms with Gasteiger partial charge in [-0.3, -0.25) is 14.8 Å². The Bertz CT molecular complexity index is 961. The molecule has 1 aromatic carbocycles. The highest BCUT2D eigenvalue weighted by molar-refractivity contribution is 7.89. The summed E-state index contributed by atoms with van der Waals surface area (Å²) in [6.07, 6.45) is 2.46. The normalized spacial score (nSPS) is 16.1. The van der Waals surface area contributed by atoms with Crippen LogP contribution in [0.2, 0.25) is 0 Å². The van der Waals surface area contributed by atoms with Gasteiger partial charge in [-0.15, -0.1) is 0 Å². The number of benzene rings is 1. The van der Waals surface area contributed by atoms with Gasteiger partial charge in [0.15, 0.2) is 0 Å². The van der Waals surface area contributed by atoms with Crippen molar-refractivity contribution in [1.82, 2.24) is 9.79 Å². The maximum Gasteiger partial charge on any atom is 0.511 e. The van der Waals surface area contributed by atoms with Gasteiger partial charge >= 0.3 is 12.1 Å². The Balaban J connectivity index is 2.43. The maximum atomic E-state index is 13.8. The van der Waals surface area contributed by atoms with Gasteiger partial charge < -0.3 is 18.9 Å². The summed E-state index contributed by atoms with van der Waals surface area (Å²) >= 11 is 0. The summed E-state index contributed by atoms with van der Waals surface area (Å²) in [5, 5.41) is 9.44. The Hall–Kier alpha value is -2.90. The highest BCUT2D eigenvalue weighted by Gasteiger charge is 2.46. The van der Waals surface area contributed by atoms with Crippen molar-refractivity contribution in [2.45, 2.75) is 62.9 Å². The van der Waals surface area contributed by atoms with Crippen LogP contribution in [0, 0.1) is 5.92 Å². The van der Waals surface area contributed by atoms with E-state index in [-0.39, 0.29) is 11.5 Å². The Morgan fingerprint density at radius 3 is 2.26 bits per heavy atom. The lowest BCUT2D eigenvalue weighted by molar-refractivity contribution is -0.159. The van der Waals surface area contributed by atoms with Crippen LogP contribution in [0.1, 0.15) is 46.0 Å². The Morgan fingerprint density at radius 2 is 1.71 bits per heavy atom. The monoisotopic (exact) mass is 516 g/mol. The number of hydrogen-bond donors (Lipinski definition) is 2. The molecule has 2 N–H and O–H groups in total. The first-order valence-corrected chi connectivity index (χ1v) is 12.7. The van der Waals surface area contributed by atoms with Crippen LogP contribution >= 0.6 is 0 Å². The van der Waals surface area contributed by atoms with Crippen LogP contribution in [-0.4, -0.2) is 68.6 Å². The molecule has 1 aliphatic carbocycles. The number of nitrogens with one attached hydrogen (secondary N) is 1. The zero-order valence-corrected chi connectivity index (χ0v) is 20.8. The molecule has 1 aromatic rings. The lowest BCUT2D eigenvalue weighted by atomic mass is 9.83. The van der Waals surface area contributed by atoms with Crippen molar-refractivity contribution in [1.29, 1.82) is 0 Å². The number of ether oxygens (including phenoxy) is 4. The van der Waals surface area contributed by atoms with Crippen molar-refractivity contribution in [2.75, 3.05) is 20.5 Å². The summed E-state index contributed by atoms with van der Waals surface area (Å²) in [4.78, 5) is 36.8. The Morgan fingerprint density at radius 1 is 1.09 bits per heavy atom. The fourth-order valence-corrected chi connectivity index (χ4v) is 5.83. The molecule has 2 unspecified atom stereocenters. The van der Waals surface area contributed by atoms with E-state index >= 15 is 0 Å². The van der Waals surface area contributed by atoms with Crippen LogP contribution in [0.5, 0.6) is 5.75 Å². The number of esters is 1. The number of carbonyl (C=O) groups is 3. The molecular weight excluding hydrogens is 484 g/mol. The number of methoxy groups -OCH3 is 1. The van der Waals surface area contributed by atoms with E-state index in [9.17, 15) is 28.0 Å². The number of rotatable bonds is 11. The first-order valence-electron chi connectivity index (χ1n) is 11.2. The predicted octanol–water partition coefficient (Wildman–Crippen LogP) is 2.20. The SMILES string of the molecule is CCOC(=O)OCOC(=O)C(C)N(C(C(=O)NO)C1CCCCC1)S(=O)(=O)c1ccc(OC)cc1. The van der Waals surface area contributed by atoms with E-state index in [1.165, 1.54) is 38.3 Å². The molecule has 2 rings (SSSR count). The van der Waals surface area contributed by atoms with Gasteiger partial charge in [-0.2, -0.15) is 4.31 Å². The van der Waals surface area contributed by atoms with Gasteiger partial charge in [0.05, 0.1) is 18.6 Å². The van der Waals surface area contributed by atoms with Gasteiger partial charge in [-0.25, -0.2) is 18.7 Å². The predicted molar refractivity (Wildman–Crippen MR) is 121 cm³/mol. The van der Waals surface area contributed by atoms with Crippen LogP contribution < -0.4 is 10.2 Å². The third-order valence-electron chi connectivity index (χ3n) is 5.75. The third-order valence-corrected chi connectivity index (χ3v) is 7.71. The molecule has 0 radical (unpaired) electrons. The van der Waals surface area contributed by atoms with E-state index in [4.69, 9.17) is 9.47 Å². The maximum absolute atomic E-state index is 13.8. The van der Waals surface area contributed by atoms with Crippen LogP contribution in [0.3, 0.4) is 0 Å². The summed E-state index contributed by atoms with van der Waals surface area (Å²) in [5.41, 5.74) is 1.55. The quantitative estimate of drug-likeness (QED) is 0.193. The number of sulfonamides is 1. The summed E-state index contributed by atoms with van der Waals surface area (Å²) in [7, 11) is -3.02. The van der Waals surface area contributed by atoms with Crippen molar-refractivity contribution >= 4 is 28.1 Å². The number of nitrogens with zero attached hydrogens (tertiary/aromatic N) is 1. The number of carbonyl (C=O) groups excluding carboxylic acids is 3. The molecule has 1 amide bonds. The second-order valence-corrected chi connectivity index (χ2v) is 9.76. The van der Waals surface area contributed by atoms with Gasteiger partial charge in [0.2, 0.25) is 16.8 Å². The van der Waals surface area contributed by atoms with Crippen molar-refractivity contribution in [3.8, 4) is 5.75 Å². The molecule has 1 saturated carbocycles. The van der Waals surface area contributed by atoms with Gasteiger partial charge in [0.25, 0.3) is 5.91 Å². The molecule has 0 heterocycles. The van der Waals surface area contributed by atoms with E-state index in [1.807, 2.05) is 0 Å². The lowest BCUT2D eigenvalue weighted by Gasteiger charge is -2.38. The molecule has 35 heavy (non-hydrogen) atoms. The summed E-state index contributed by atoms with van der Waals surface area (Å²) in [6.45, 7) is 2.07. The molecule has 12 nitrogen and oxygen atoms in total. The van der Waals surface area contributed by atoms with Crippen LogP contribution in [0.15, 0.2) is 29.2 Å². The molecule has 0 aromatic heterocycles. The molecule has 2 atom stereocenters. The average molecular weight is 517 g/mol. The van der Waals surface area contributed by atoms with Crippen LogP contribution in [-0.2, 0) is 33.8 Å². The zero-order chi connectivity index (χ0) is 26.0. The smallest absolute Gasteiger partial charge is 0.497 e. The van der Waals surface area contributed by atoms with Crippen molar-refractivity contribution in [3.63, 3.8) is 0 Å². The number of amides is 1. The molecule has 0 spiro atoms. The molecule has 1 aliphatic rings. The number of hydroxylamine groups is 1. The second kappa shape index (κ2) is 13.3. The first kappa shape index (κ1) is 28.3. The summed E-state index contributed by atoms with van der Waals surface area (Å²) in [5.74, 6) is -2.06. The van der Waals surface area contributed by atoms with Crippen LogP contribution in [0.25, 0.3) is 0 Å². The zero-order valence-electron chi connectivity index (χ0n) is 20.0. The Labute approximate surface area is 204 Å². The minimum Gasteiger partial charge on any atom is -0.497 e. The van der Waals surface area contributed by atoms with Crippen molar-refractivity contribution in [2.24, 2.45) is 5.92 Å². The van der Waals surface area contributed by atoms with Gasteiger partial charge in [-0.1, -0.05) is 19.3 Å². The molecular formula is C22H32N2O10S. The van der Waals surface area contributed by atoms with Gasteiger partial charge in [0.1, 0.15) is 17.8 Å². The lowest BCUT2D eigenvalue weighted by Crippen LogP contribution is -2.58. The highest BCUT2D eigenvalue weighted by Crippen LogP contribution is 2.34. The summed E-state index contributed by atoms with van der Waals surface area (Å²) < 4.78 is 47.5. The molecule has 13 heteroatoms. The van der Waals surface area contributed by atoms with E-state index in [1.54, 1.807) is 12.4 Å². The average Bonchev–Trinajstić information content (AvgIpc) is 2.86. The minimum absolute atomic E-state index is 0.0520.